The maximum atomic E-state index is 3.63. The molecule has 0 atom stereocenters. The van der Waals surface area contributed by atoms with Crippen molar-refractivity contribution in [1.82, 2.24) is 9.88 Å². The van der Waals surface area contributed by atoms with E-state index in [4.69, 9.17) is 0 Å². The number of likely N-dealkylation sites (N-methyl/N-ethyl adjacent to an activating group) is 1. The normalized spacial score (nSPS) is 11.2. The van der Waals surface area contributed by atoms with Crippen LogP contribution in [-0.4, -0.2) is 18.2 Å². The van der Waals surface area contributed by atoms with E-state index in [1.54, 1.807) is 0 Å². The molecule has 0 aliphatic heterocycles. The van der Waals surface area contributed by atoms with Crippen LogP contribution < -0.4 is 5.32 Å². The molecule has 2 nitrogen and oxygen atoms in total. The predicted octanol–water partition coefficient (Wildman–Crippen LogP) is 3.19. The number of nitrogens with zero attached hydrogens (tertiary/aromatic N) is 1. The number of rotatable bonds is 4. The Morgan fingerprint density at radius 2 is 2.19 bits per heavy atom. The molecule has 0 unspecified atom stereocenters. The van der Waals surface area contributed by atoms with Crippen LogP contribution in [0, 0.1) is 0 Å². The summed E-state index contributed by atoms with van der Waals surface area (Å²) in [4.78, 5) is 0. The Labute approximate surface area is 105 Å². The number of hydrogen-bond donors (Lipinski definition) is 1. The van der Waals surface area contributed by atoms with Crippen molar-refractivity contribution in [2.45, 2.75) is 19.9 Å². The first-order chi connectivity index (χ1) is 7.77. The third-order valence-electron chi connectivity index (χ3n) is 2.90. The summed E-state index contributed by atoms with van der Waals surface area (Å²) in [6.45, 7) is 4.24. The second-order valence-corrected chi connectivity index (χ2v) is 4.77. The Morgan fingerprint density at radius 3 is 2.88 bits per heavy atom. The summed E-state index contributed by atoms with van der Waals surface area (Å²) in [7, 11) is 1.99. The van der Waals surface area contributed by atoms with Crippen molar-refractivity contribution in [3.8, 4) is 0 Å². The Kier molecular flexibility index (Phi) is 3.66. The molecular weight excluding hydrogens is 264 g/mol. The first-order valence-electron chi connectivity index (χ1n) is 5.69. The van der Waals surface area contributed by atoms with Gasteiger partial charge < -0.3 is 9.88 Å². The van der Waals surface area contributed by atoms with Gasteiger partial charge in [-0.25, -0.2) is 0 Å². The van der Waals surface area contributed by atoms with Gasteiger partial charge in [0.2, 0.25) is 0 Å². The standard InChI is InChI=1S/C13H17BrN2/c1-3-16-11(7-8-15-2)9-10-5-4-6-12(14)13(10)16/h4-6,9,15H,3,7-8H2,1-2H3. The predicted molar refractivity (Wildman–Crippen MR) is 72.9 cm³/mol. The van der Waals surface area contributed by atoms with E-state index < -0.39 is 0 Å². The van der Waals surface area contributed by atoms with Crippen LogP contribution in [0.15, 0.2) is 28.7 Å². The molecule has 86 valence electrons. The van der Waals surface area contributed by atoms with Crippen LogP contribution in [0.1, 0.15) is 12.6 Å². The molecule has 0 aliphatic carbocycles. The van der Waals surface area contributed by atoms with Gasteiger partial charge in [0, 0.05) is 35.1 Å². The lowest BCUT2D eigenvalue weighted by atomic mass is 10.2. The van der Waals surface area contributed by atoms with Crippen molar-refractivity contribution in [2.24, 2.45) is 0 Å². The Bertz CT molecular complexity index is 488. The van der Waals surface area contributed by atoms with Crippen molar-refractivity contribution < 1.29 is 0 Å². The van der Waals surface area contributed by atoms with E-state index in [1.165, 1.54) is 21.1 Å². The molecule has 2 rings (SSSR count). The lowest BCUT2D eigenvalue weighted by molar-refractivity contribution is 0.700. The van der Waals surface area contributed by atoms with E-state index in [0.717, 1.165) is 19.5 Å². The van der Waals surface area contributed by atoms with Gasteiger partial charge in [0.05, 0.1) is 5.52 Å². The van der Waals surface area contributed by atoms with E-state index in [2.05, 4.69) is 57.0 Å². The molecule has 16 heavy (non-hydrogen) atoms. The van der Waals surface area contributed by atoms with Crippen LogP contribution in [0.4, 0.5) is 0 Å². The summed E-state index contributed by atoms with van der Waals surface area (Å²) >= 11 is 3.63. The van der Waals surface area contributed by atoms with E-state index in [-0.39, 0.29) is 0 Å². The lowest BCUT2D eigenvalue weighted by Gasteiger charge is -2.08. The average molecular weight is 281 g/mol. The number of aromatic nitrogens is 1. The zero-order chi connectivity index (χ0) is 11.5. The summed E-state index contributed by atoms with van der Waals surface area (Å²) in [6.07, 6.45) is 1.07. The van der Waals surface area contributed by atoms with Crippen molar-refractivity contribution >= 4 is 26.8 Å². The zero-order valence-electron chi connectivity index (χ0n) is 9.76. The fourth-order valence-corrected chi connectivity index (χ4v) is 2.75. The number of para-hydroxylation sites is 1. The molecule has 0 radical (unpaired) electrons. The quantitative estimate of drug-likeness (QED) is 0.910. The van der Waals surface area contributed by atoms with E-state index >= 15 is 0 Å². The molecule has 0 aliphatic rings. The van der Waals surface area contributed by atoms with Gasteiger partial charge in [-0.2, -0.15) is 0 Å². The van der Waals surface area contributed by atoms with Crippen LogP contribution >= 0.6 is 15.9 Å². The second-order valence-electron chi connectivity index (χ2n) is 3.91. The van der Waals surface area contributed by atoms with Gasteiger partial charge in [-0.15, -0.1) is 0 Å². The van der Waals surface area contributed by atoms with Crippen LogP contribution in [0.5, 0.6) is 0 Å². The fourth-order valence-electron chi connectivity index (χ4n) is 2.16. The molecule has 3 heteroatoms. The van der Waals surface area contributed by atoms with Gasteiger partial charge in [-0.05, 0) is 42.0 Å². The maximum Gasteiger partial charge on any atom is 0.0626 e. The summed E-state index contributed by atoms with van der Waals surface area (Å²) in [5.41, 5.74) is 2.72. The Balaban J connectivity index is 2.53. The molecule has 0 spiro atoms. The summed E-state index contributed by atoms with van der Waals surface area (Å²) < 4.78 is 3.57. The van der Waals surface area contributed by atoms with Gasteiger partial charge in [0.15, 0.2) is 0 Å². The molecule has 0 saturated carbocycles. The first kappa shape index (κ1) is 11.7. The first-order valence-corrected chi connectivity index (χ1v) is 6.48. The van der Waals surface area contributed by atoms with Gasteiger partial charge in [-0.1, -0.05) is 12.1 Å². The summed E-state index contributed by atoms with van der Waals surface area (Å²) in [6, 6.07) is 8.67. The number of benzene rings is 1. The van der Waals surface area contributed by atoms with Crippen LogP contribution in [0.2, 0.25) is 0 Å². The topological polar surface area (TPSA) is 17.0 Å². The smallest absolute Gasteiger partial charge is 0.0626 e. The number of fused-ring (bicyclic) bond motifs is 1. The number of nitrogens with one attached hydrogen (secondary N) is 1. The molecule has 2 aromatic rings. The molecule has 1 N–H and O–H groups in total. The van der Waals surface area contributed by atoms with Crippen molar-refractivity contribution in [1.29, 1.82) is 0 Å². The zero-order valence-corrected chi connectivity index (χ0v) is 11.3. The minimum atomic E-state index is 1.02. The van der Waals surface area contributed by atoms with E-state index in [1.807, 2.05) is 7.05 Å². The average Bonchev–Trinajstić information content (AvgIpc) is 2.65. The number of aryl methyl sites for hydroxylation is 1. The highest BCUT2D eigenvalue weighted by Crippen LogP contribution is 2.27. The Morgan fingerprint density at radius 1 is 1.38 bits per heavy atom. The van der Waals surface area contributed by atoms with Crippen LogP contribution in [0.3, 0.4) is 0 Å². The Hall–Kier alpha value is -0.800. The molecule has 1 heterocycles. The SMILES string of the molecule is CCn1c(CCNC)cc2cccc(Br)c21. The number of halogens is 1. The highest BCUT2D eigenvalue weighted by atomic mass is 79.9. The van der Waals surface area contributed by atoms with Crippen LogP contribution in [0.25, 0.3) is 10.9 Å². The summed E-state index contributed by atoms with van der Waals surface area (Å²) in [5.74, 6) is 0. The molecular formula is C13H17BrN2. The van der Waals surface area contributed by atoms with E-state index in [9.17, 15) is 0 Å². The van der Waals surface area contributed by atoms with Gasteiger partial charge >= 0.3 is 0 Å². The minimum absolute atomic E-state index is 1.02. The molecule has 1 aromatic heterocycles. The van der Waals surface area contributed by atoms with Crippen LogP contribution in [-0.2, 0) is 13.0 Å². The highest BCUT2D eigenvalue weighted by Gasteiger charge is 2.09. The highest BCUT2D eigenvalue weighted by molar-refractivity contribution is 9.10. The largest absolute Gasteiger partial charge is 0.344 e. The fraction of sp³-hybridized carbons (Fsp3) is 0.385. The van der Waals surface area contributed by atoms with E-state index in [0.29, 0.717) is 0 Å². The minimum Gasteiger partial charge on any atom is -0.344 e. The van der Waals surface area contributed by atoms with Gasteiger partial charge in [0.25, 0.3) is 0 Å². The third-order valence-corrected chi connectivity index (χ3v) is 3.54. The van der Waals surface area contributed by atoms with Crippen molar-refractivity contribution in [3.63, 3.8) is 0 Å². The monoisotopic (exact) mass is 280 g/mol. The third kappa shape index (κ3) is 2.02. The summed E-state index contributed by atoms with van der Waals surface area (Å²) in [5, 5.41) is 4.52. The second kappa shape index (κ2) is 5.02. The molecule has 0 bridgehead atoms. The maximum absolute atomic E-state index is 3.63. The van der Waals surface area contributed by atoms with Crippen molar-refractivity contribution in [3.05, 3.63) is 34.4 Å². The molecule has 0 fully saturated rings. The van der Waals surface area contributed by atoms with Crippen molar-refractivity contribution in [2.75, 3.05) is 13.6 Å². The molecule has 0 amide bonds. The lowest BCUT2D eigenvalue weighted by Crippen LogP contribution is -2.13. The molecule has 0 saturated heterocycles. The van der Waals surface area contributed by atoms with Gasteiger partial charge in [-0.3, -0.25) is 0 Å². The molecule has 1 aromatic carbocycles. The van der Waals surface area contributed by atoms with Gasteiger partial charge in [0.1, 0.15) is 0 Å². The number of hydrogen-bond acceptors (Lipinski definition) is 1.